The quantitative estimate of drug-likeness (QED) is 0.172. The second-order valence-corrected chi connectivity index (χ2v) is 13.0. The number of rotatable bonds is 8. The first-order chi connectivity index (χ1) is 22.7. The third-order valence-corrected chi connectivity index (χ3v) is 9.75. The Labute approximate surface area is 269 Å². The lowest BCUT2D eigenvalue weighted by molar-refractivity contribution is -0.385. The van der Waals surface area contributed by atoms with Gasteiger partial charge in [-0.15, -0.1) is 0 Å². The number of aromatic amines is 1. The maximum Gasteiger partial charge on any atom is 0.270 e. The van der Waals surface area contributed by atoms with Crippen LogP contribution in [0, 0.1) is 10.1 Å². The molecule has 2 N–H and O–H groups in total. The SMILES string of the molecule is O=C(NS(=O)(=O)c1cccc([N+](=O)[O-])c1)c1ccc(N2CCN(C3CCOc4ccccc43)CC2)cc1Oc1cnc2[nH]ccc2c1. The van der Waals surface area contributed by atoms with Gasteiger partial charge >= 0.3 is 0 Å². The molecule has 1 amide bonds. The molecule has 2 aliphatic rings. The predicted molar refractivity (Wildman–Crippen MR) is 173 cm³/mol. The van der Waals surface area contributed by atoms with Crippen molar-refractivity contribution in [2.24, 2.45) is 0 Å². The van der Waals surface area contributed by atoms with Crippen molar-refractivity contribution in [1.82, 2.24) is 19.6 Å². The van der Waals surface area contributed by atoms with E-state index in [1.807, 2.05) is 29.0 Å². The number of hydrogen-bond acceptors (Lipinski definition) is 10. The largest absolute Gasteiger partial charge is 0.493 e. The maximum absolute atomic E-state index is 13.5. The fourth-order valence-corrected chi connectivity index (χ4v) is 7.08. The van der Waals surface area contributed by atoms with Gasteiger partial charge in [0.1, 0.15) is 22.9 Å². The summed E-state index contributed by atoms with van der Waals surface area (Å²) in [6.07, 6.45) is 4.17. The number of nitro benzene ring substituents is 1. The van der Waals surface area contributed by atoms with Crippen molar-refractivity contribution in [3.05, 3.63) is 112 Å². The molecular formula is C33H30N6O7S. The summed E-state index contributed by atoms with van der Waals surface area (Å²) in [4.78, 5) is 35.6. The number of hydrogen-bond donors (Lipinski definition) is 2. The monoisotopic (exact) mass is 654 g/mol. The highest BCUT2D eigenvalue weighted by molar-refractivity contribution is 7.90. The number of fused-ring (bicyclic) bond motifs is 2. The zero-order chi connectivity index (χ0) is 32.5. The number of sulfonamides is 1. The van der Waals surface area contributed by atoms with Crippen molar-refractivity contribution in [2.75, 3.05) is 37.7 Å². The molecule has 3 aromatic carbocycles. The van der Waals surface area contributed by atoms with Crippen molar-refractivity contribution in [3.63, 3.8) is 0 Å². The Balaban J connectivity index is 1.15. The zero-order valence-corrected chi connectivity index (χ0v) is 25.9. The summed E-state index contributed by atoms with van der Waals surface area (Å²) in [7, 11) is -4.44. The van der Waals surface area contributed by atoms with Crippen LogP contribution in [-0.2, 0) is 10.0 Å². The third kappa shape index (κ3) is 6.20. The van der Waals surface area contributed by atoms with Gasteiger partial charge in [-0.25, -0.2) is 18.1 Å². The molecule has 1 unspecified atom stereocenters. The van der Waals surface area contributed by atoms with E-state index in [1.54, 1.807) is 24.4 Å². The van der Waals surface area contributed by atoms with Gasteiger partial charge < -0.3 is 19.4 Å². The van der Waals surface area contributed by atoms with Gasteiger partial charge in [-0.3, -0.25) is 19.8 Å². The first-order valence-corrected chi connectivity index (χ1v) is 16.5. The van der Waals surface area contributed by atoms with Crippen molar-refractivity contribution < 1.29 is 27.6 Å². The molecule has 7 rings (SSSR count). The van der Waals surface area contributed by atoms with E-state index in [2.05, 4.69) is 25.8 Å². The summed E-state index contributed by atoms with van der Waals surface area (Å²) in [5.74, 6) is 0.470. The molecule has 0 saturated carbocycles. The molecular weight excluding hydrogens is 624 g/mol. The summed E-state index contributed by atoms with van der Waals surface area (Å²) >= 11 is 0. The number of ether oxygens (including phenoxy) is 2. The Bertz CT molecular complexity index is 2090. The molecule has 13 nitrogen and oxygen atoms in total. The molecule has 2 aliphatic heterocycles. The average molecular weight is 655 g/mol. The lowest BCUT2D eigenvalue weighted by Crippen LogP contribution is -2.48. The number of H-pyrrole nitrogens is 1. The molecule has 47 heavy (non-hydrogen) atoms. The third-order valence-electron chi connectivity index (χ3n) is 8.43. The number of benzene rings is 3. The normalized spacial score (nSPS) is 16.7. The Hall–Kier alpha value is -5.47. The van der Waals surface area contributed by atoms with Crippen LogP contribution in [0.5, 0.6) is 17.2 Å². The van der Waals surface area contributed by atoms with E-state index >= 15 is 0 Å². The van der Waals surface area contributed by atoms with E-state index in [9.17, 15) is 23.3 Å². The van der Waals surface area contributed by atoms with Crippen LogP contribution in [0.1, 0.15) is 28.4 Å². The van der Waals surface area contributed by atoms with E-state index in [1.165, 1.54) is 36.0 Å². The minimum Gasteiger partial charge on any atom is -0.493 e. The van der Waals surface area contributed by atoms with E-state index in [4.69, 9.17) is 9.47 Å². The van der Waals surface area contributed by atoms with E-state index in [0.29, 0.717) is 18.0 Å². The lowest BCUT2D eigenvalue weighted by Gasteiger charge is -2.42. The van der Waals surface area contributed by atoms with Gasteiger partial charge in [0.25, 0.3) is 21.6 Å². The van der Waals surface area contributed by atoms with Crippen LogP contribution in [0.3, 0.4) is 0 Å². The topological polar surface area (TPSA) is 160 Å². The lowest BCUT2D eigenvalue weighted by atomic mass is 9.98. The maximum atomic E-state index is 13.5. The number of carbonyl (C=O) groups is 1. The minimum absolute atomic E-state index is 0.0330. The van der Waals surface area contributed by atoms with Crippen LogP contribution in [0.25, 0.3) is 11.0 Å². The number of nitro groups is 1. The van der Waals surface area contributed by atoms with Crippen molar-refractivity contribution >= 4 is 38.3 Å². The highest BCUT2D eigenvalue weighted by Gasteiger charge is 2.30. The summed E-state index contributed by atoms with van der Waals surface area (Å²) in [5.41, 5.74) is 2.22. The molecule has 1 atom stereocenters. The summed E-state index contributed by atoms with van der Waals surface area (Å²) in [5, 5.41) is 12.0. The van der Waals surface area contributed by atoms with Crippen LogP contribution < -0.4 is 19.1 Å². The second-order valence-electron chi connectivity index (χ2n) is 11.3. The number of anilines is 1. The molecule has 0 spiro atoms. The fraction of sp³-hybridized carbons (Fsp3) is 0.212. The predicted octanol–water partition coefficient (Wildman–Crippen LogP) is 5.03. The van der Waals surface area contributed by atoms with Crippen LogP contribution in [0.15, 0.2) is 96.2 Å². The molecule has 0 radical (unpaired) electrons. The number of amides is 1. The van der Waals surface area contributed by atoms with Crippen molar-refractivity contribution in [3.8, 4) is 17.2 Å². The Morgan fingerprint density at radius 3 is 2.68 bits per heavy atom. The first-order valence-electron chi connectivity index (χ1n) is 15.0. The summed E-state index contributed by atoms with van der Waals surface area (Å²) < 4.78 is 40.3. The molecule has 240 valence electrons. The second kappa shape index (κ2) is 12.4. The highest BCUT2D eigenvalue weighted by atomic mass is 32.2. The molecule has 1 fully saturated rings. The molecule has 0 bridgehead atoms. The van der Waals surface area contributed by atoms with Gasteiger partial charge in [-0.2, -0.15) is 0 Å². The molecule has 4 heterocycles. The Morgan fingerprint density at radius 1 is 1.02 bits per heavy atom. The smallest absolute Gasteiger partial charge is 0.270 e. The van der Waals surface area contributed by atoms with Crippen LogP contribution in [0.2, 0.25) is 0 Å². The van der Waals surface area contributed by atoms with Crippen LogP contribution >= 0.6 is 0 Å². The van der Waals surface area contributed by atoms with Gasteiger partial charge in [0.15, 0.2) is 0 Å². The number of piperazine rings is 1. The number of aromatic nitrogens is 2. The summed E-state index contributed by atoms with van der Waals surface area (Å²) in [6, 6.07) is 21.5. The molecule has 1 saturated heterocycles. The standard InChI is InChI=1S/C33H30N6O7S/c40-33(36-47(43,44)26-5-3-4-24(19-26)39(41)42)28-9-8-23(20-31(28)46-25-18-22-10-12-34-32(22)35-21-25)37-13-15-38(16-14-37)29-11-17-45-30-7-2-1-6-27(29)30/h1-10,12,18-21,29H,11,13-17H2,(H,34,35)(H,36,40). The molecule has 14 heteroatoms. The number of para-hydroxylation sites is 1. The van der Waals surface area contributed by atoms with Gasteiger partial charge in [0.05, 0.1) is 28.2 Å². The van der Waals surface area contributed by atoms with Gasteiger partial charge in [-0.05, 0) is 36.4 Å². The van der Waals surface area contributed by atoms with E-state index in [0.717, 1.165) is 55.5 Å². The van der Waals surface area contributed by atoms with Gasteiger partial charge in [0.2, 0.25) is 0 Å². The summed E-state index contributed by atoms with van der Waals surface area (Å²) in [6.45, 7) is 3.75. The molecule has 5 aromatic rings. The number of non-ortho nitro benzene ring substituents is 1. The minimum atomic E-state index is -4.44. The highest BCUT2D eigenvalue weighted by Crippen LogP contribution is 2.37. The average Bonchev–Trinajstić information content (AvgIpc) is 3.56. The molecule has 0 aliphatic carbocycles. The van der Waals surface area contributed by atoms with Gasteiger partial charge in [0, 0.05) is 79.7 Å². The van der Waals surface area contributed by atoms with Crippen molar-refractivity contribution in [2.45, 2.75) is 17.4 Å². The van der Waals surface area contributed by atoms with E-state index < -0.39 is 31.4 Å². The van der Waals surface area contributed by atoms with Gasteiger partial charge in [-0.1, -0.05) is 24.3 Å². The number of carbonyl (C=O) groups excluding carboxylic acids is 1. The number of nitrogens with zero attached hydrogens (tertiary/aromatic N) is 4. The fourth-order valence-electron chi connectivity index (χ4n) is 6.08. The number of pyridine rings is 1. The van der Waals surface area contributed by atoms with Crippen molar-refractivity contribution in [1.29, 1.82) is 0 Å². The molecule has 2 aromatic heterocycles. The van der Waals surface area contributed by atoms with E-state index in [-0.39, 0.29) is 17.4 Å². The Kier molecular flexibility index (Phi) is 7.95. The Morgan fingerprint density at radius 2 is 1.85 bits per heavy atom. The van der Waals surface area contributed by atoms with Crippen LogP contribution in [-0.4, -0.2) is 66.9 Å². The van der Waals surface area contributed by atoms with Crippen LogP contribution in [0.4, 0.5) is 11.4 Å². The first kappa shape index (κ1) is 30.2. The zero-order valence-electron chi connectivity index (χ0n) is 25.0. The number of nitrogens with one attached hydrogen (secondary N) is 2.